The van der Waals surface area contributed by atoms with Crippen molar-refractivity contribution in [2.45, 2.75) is 6.92 Å². The molecule has 1 aromatic heterocycles. The number of hydrogen-bond donors (Lipinski definition) is 0. The average Bonchev–Trinajstić information content (AvgIpc) is 2.59. The van der Waals surface area contributed by atoms with Crippen LogP contribution in [-0.2, 0) is 4.74 Å². The van der Waals surface area contributed by atoms with Gasteiger partial charge in [-0.3, -0.25) is 4.79 Å². The van der Waals surface area contributed by atoms with Crippen LogP contribution in [0, 0.1) is 0 Å². The highest BCUT2D eigenvalue weighted by Crippen LogP contribution is 2.11. The van der Waals surface area contributed by atoms with E-state index in [1.807, 2.05) is 0 Å². The van der Waals surface area contributed by atoms with Gasteiger partial charge in [0.1, 0.15) is 0 Å². The van der Waals surface area contributed by atoms with E-state index in [0.717, 1.165) is 12.3 Å². The van der Waals surface area contributed by atoms with Gasteiger partial charge in [-0.05, 0) is 13.0 Å². The summed E-state index contributed by atoms with van der Waals surface area (Å²) in [5.41, 5.74) is -0.263. The van der Waals surface area contributed by atoms with Gasteiger partial charge >= 0.3 is 5.97 Å². The van der Waals surface area contributed by atoms with Gasteiger partial charge < -0.3 is 4.74 Å². The summed E-state index contributed by atoms with van der Waals surface area (Å²) in [6, 6.07) is 1.11. The summed E-state index contributed by atoms with van der Waals surface area (Å²) in [6.07, 6.45) is 0.900. The largest absolute Gasteiger partial charge is 0.461 e. The number of carbonyl (C=O) groups excluding carboxylic acids is 2. The van der Waals surface area contributed by atoms with E-state index in [1.54, 1.807) is 6.92 Å². The highest BCUT2D eigenvalue weighted by atomic mass is 35.5. The van der Waals surface area contributed by atoms with Crippen molar-refractivity contribution in [3.8, 4) is 0 Å². The second-order valence-corrected chi connectivity index (χ2v) is 2.97. The van der Waals surface area contributed by atoms with Crippen molar-refractivity contribution in [3.63, 3.8) is 0 Å². The number of halogens is 2. The number of alkyl halides is 1. The lowest BCUT2D eigenvalue weighted by atomic mass is 10.2. The summed E-state index contributed by atoms with van der Waals surface area (Å²) in [6.45, 7) is 1.75. The van der Waals surface area contributed by atoms with Crippen LogP contribution in [0.25, 0.3) is 0 Å². The Morgan fingerprint density at radius 1 is 1.60 bits per heavy atom. The molecule has 0 bridgehead atoms. The molecule has 0 aliphatic heterocycles. The fraction of sp³-hybridized carbons (Fsp3) is 0.333. The van der Waals surface area contributed by atoms with Crippen LogP contribution in [0.4, 0.5) is 4.48 Å². The van der Waals surface area contributed by atoms with Crippen LogP contribution >= 0.6 is 11.6 Å². The average molecular weight is 234 g/mol. The van der Waals surface area contributed by atoms with Gasteiger partial charge in [-0.2, -0.15) is 4.79 Å². The van der Waals surface area contributed by atoms with Gasteiger partial charge in [-0.25, -0.2) is 4.79 Å². The van der Waals surface area contributed by atoms with Crippen LogP contribution < -0.4 is 0 Å². The van der Waals surface area contributed by atoms with Gasteiger partial charge in [0, 0.05) is 11.8 Å². The first-order valence-corrected chi connectivity index (χ1v) is 4.78. The zero-order chi connectivity index (χ0) is 11.4. The van der Waals surface area contributed by atoms with Crippen molar-refractivity contribution in [1.29, 1.82) is 0 Å². The molecule has 0 aromatic carbocycles. The van der Waals surface area contributed by atoms with Crippen LogP contribution in [0.5, 0.6) is 0 Å². The van der Waals surface area contributed by atoms with E-state index in [4.69, 9.17) is 11.6 Å². The van der Waals surface area contributed by atoms with E-state index >= 15 is 0 Å². The quantitative estimate of drug-likeness (QED) is 0.453. The summed E-state index contributed by atoms with van der Waals surface area (Å²) in [4.78, 5) is 22.3. The number of hydrogen-bond acceptors (Lipinski definition) is 3. The molecule has 4 nitrogen and oxygen atoms in total. The molecule has 1 aromatic rings. The highest BCUT2D eigenvalue weighted by molar-refractivity contribution is 6.30. The second kappa shape index (κ2) is 4.93. The molecule has 0 amide bonds. The van der Waals surface area contributed by atoms with Gasteiger partial charge in [0.2, 0.25) is 0 Å². The molecule has 0 aliphatic carbocycles. The number of Topliss-reactive ketones (excluding diaryl/α,β-unsaturated/α-hetero) is 1. The number of esters is 1. The fourth-order valence-electron chi connectivity index (χ4n) is 1.02. The minimum atomic E-state index is -0.811. The first-order chi connectivity index (χ1) is 7.10. The molecule has 0 unspecified atom stereocenters. The summed E-state index contributed by atoms with van der Waals surface area (Å²) in [5, 5.41) is 0. The molecule has 82 valence electrons. The maximum atomic E-state index is 13.1. The fourth-order valence-corrected chi connectivity index (χ4v) is 1.17. The molecule has 0 radical (unpaired) electrons. The Kier molecular flexibility index (Phi) is 3.85. The van der Waals surface area contributed by atoms with E-state index < -0.39 is 11.8 Å². The highest BCUT2D eigenvalue weighted by Gasteiger charge is 2.17. The normalized spacial score (nSPS) is 10.1. The van der Waals surface area contributed by atoms with Crippen molar-refractivity contribution in [2.24, 2.45) is 0 Å². The Hall–Kier alpha value is -1.36. The van der Waals surface area contributed by atoms with Crippen molar-refractivity contribution in [3.05, 3.63) is 23.5 Å². The van der Waals surface area contributed by atoms with Crippen LogP contribution in [0.15, 0.2) is 12.3 Å². The number of nitrogens with zero attached hydrogens (tertiary/aromatic N) is 1. The van der Waals surface area contributed by atoms with E-state index in [-0.39, 0.29) is 28.5 Å². The van der Waals surface area contributed by atoms with Crippen molar-refractivity contribution < 1.29 is 18.8 Å². The summed E-state index contributed by atoms with van der Waals surface area (Å²) >= 11 is 5.29. The predicted molar refractivity (Wildman–Crippen MR) is 51.9 cm³/mol. The van der Waals surface area contributed by atoms with Gasteiger partial charge in [0.25, 0.3) is 0 Å². The third-order valence-electron chi connectivity index (χ3n) is 1.70. The molecule has 15 heavy (non-hydrogen) atoms. The Balaban J connectivity index is 2.96. The summed E-state index contributed by atoms with van der Waals surface area (Å²) < 4.78 is 17.7. The van der Waals surface area contributed by atoms with E-state index in [1.165, 1.54) is 0 Å². The Morgan fingerprint density at radius 2 is 2.27 bits per heavy atom. The van der Waals surface area contributed by atoms with Gasteiger partial charge in [-0.15, -0.1) is 11.6 Å². The molecule has 0 spiro atoms. The molecular weight excluding hydrogens is 225 g/mol. The molecule has 0 saturated heterocycles. The van der Waals surface area contributed by atoms with Gasteiger partial charge in [0.05, 0.1) is 12.5 Å². The lowest BCUT2D eigenvalue weighted by Gasteiger charge is -1.98. The molecule has 0 saturated carbocycles. The van der Waals surface area contributed by atoms with Crippen molar-refractivity contribution in [2.75, 3.05) is 12.5 Å². The van der Waals surface area contributed by atoms with E-state index in [9.17, 15) is 14.1 Å². The Labute approximate surface area is 90.5 Å². The van der Waals surface area contributed by atoms with Crippen LogP contribution in [0.2, 0.25) is 0 Å². The van der Waals surface area contributed by atoms with Crippen molar-refractivity contribution in [1.82, 2.24) is 4.79 Å². The summed E-state index contributed by atoms with van der Waals surface area (Å²) in [5.74, 6) is -1.51. The van der Waals surface area contributed by atoms with E-state index in [2.05, 4.69) is 4.74 Å². The Morgan fingerprint density at radius 3 is 2.80 bits per heavy atom. The smallest absolute Gasteiger partial charge is 0.357 e. The van der Waals surface area contributed by atoms with Crippen LogP contribution in [0.1, 0.15) is 27.8 Å². The summed E-state index contributed by atoms with van der Waals surface area (Å²) in [7, 11) is 0. The predicted octanol–water partition coefficient (Wildman–Crippen LogP) is 1.82. The van der Waals surface area contributed by atoms with E-state index in [0.29, 0.717) is 0 Å². The number of carbonyl (C=O) groups is 2. The van der Waals surface area contributed by atoms with Crippen LogP contribution in [0.3, 0.4) is 0 Å². The molecule has 0 N–H and O–H groups in total. The van der Waals surface area contributed by atoms with Crippen molar-refractivity contribution >= 4 is 23.4 Å². The molecule has 1 heterocycles. The number of ketones is 1. The maximum Gasteiger partial charge on any atom is 0.357 e. The lowest BCUT2D eigenvalue weighted by Crippen LogP contribution is -2.07. The first kappa shape index (κ1) is 11.7. The minimum absolute atomic E-state index is 0.0514. The zero-order valence-electron chi connectivity index (χ0n) is 8.00. The lowest BCUT2D eigenvalue weighted by molar-refractivity contribution is 0.0502. The maximum absolute atomic E-state index is 13.1. The topological polar surface area (TPSA) is 48.3 Å². The number of rotatable bonds is 4. The third-order valence-corrected chi connectivity index (χ3v) is 1.95. The standard InChI is InChI=1S/C9H9ClFNO3/c1-2-15-9(14)7-3-6(5-12(7)11)8(13)4-10/h3,5H,2,4H2,1H3. The number of ether oxygens (including phenoxy) is 1. The molecule has 0 fully saturated rings. The molecule has 6 heteroatoms. The first-order valence-electron chi connectivity index (χ1n) is 4.25. The monoisotopic (exact) mass is 233 g/mol. The Bertz CT molecular complexity index is 389. The molecular formula is C9H9ClFNO3. The molecule has 1 rings (SSSR count). The zero-order valence-corrected chi connectivity index (χ0v) is 8.75. The van der Waals surface area contributed by atoms with Gasteiger partial charge in [0.15, 0.2) is 11.5 Å². The minimum Gasteiger partial charge on any atom is -0.461 e. The molecule has 0 atom stereocenters. The second-order valence-electron chi connectivity index (χ2n) is 2.70. The van der Waals surface area contributed by atoms with Gasteiger partial charge in [-0.1, -0.05) is 4.48 Å². The number of aromatic nitrogens is 1. The third kappa shape index (κ3) is 2.56. The van der Waals surface area contributed by atoms with Crippen LogP contribution in [-0.4, -0.2) is 29.0 Å². The SMILES string of the molecule is CCOC(=O)c1cc(C(=O)CCl)cn1F. The molecule has 0 aliphatic rings.